The van der Waals surface area contributed by atoms with E-state index < -0.39 is 11.7 Å². The minimum Gasteiger partial charge on any atom is -0.332 e. The number of benzene rings is 2. The molecule has 9 heteroatoms. The van der Waals surface area contributed by atoms with Crippen molar-refractivity contribution in [3.8, 4) is 28.7 Å². The van der Waals surface area contributed by atoms with Gasteiger partial charge in [0.2, 0.25) is 5.82 Å². The number of rotatable bonds is 3. The zero-order valence-electron chi connectivity index (χ0n) is 14.9. The molecule has 6 nitrogen and oxygen atoms in total. The van der Waals surface area contributed by atoms with E-state index in [1.807, 2.05) is 31.2 Å². The van der Waals surface area contributed by atoms with E-state index in [0.29, 0.717) is 17.2 Å². The highest BCUT2D eigenvalue weighted by Gasteiger charge is 2.31. The Morgan fingerprint density at radius 1 is 1.00 bits per heavy atom. The van der Waals surface area contributed by atoms with Crippen LogP contribution in [0.25, 0.3) is 28.7 Å². The monoisotopic (exact) mass is 385 g/mol. The van der Waals surface area contributed by atoms with Crippen molar-refractivity contribution in [1.29, 1.82) is 0 Å². The molecule has 4 rings (SSSR count). The molecule has 2 heterocycles. The third-order valence-corrected chi connectivity index (χ3v) is 4.25. The largest absolute Gasteiger partial charge is 0.416 e. The van der Waals surface area contributed by atoms with Crippen molar-refractivity contribution in [2.24, 2.45) is 0 Å². The van der Waals surface area contributed by atoms with Gasteiger partial charge in [0, 0.05) is 5.56 Å². The number of hydrogen-bond donors (Lipinski definition) is 0. The van der Waals surface area contributed by atoms with Crippen molar-refractivity contribution in [3.63, 3.8) is 0 Å². The van der Waals surface area contributed by atoms with E-state index in [0.717, 1.165) is 23.3 Å². The van der Waals surface area contributed by atoms with Crippen molar-refractivity contribution >= 4 is 0 Å². The van der Waals surface area contributed by atoms with E-state index in [4.69, 9.17) is 4.52 Å². The van der Waals surface area contributed by atoms with Crippen LogP contribution in [0.15, 0.2) is 53.1 Å². The van der Waals surface area contributed by atoms with Crippen LogP contribution >= 0.6 is 0 Å². The molecule has 0 N–H and O–H groups in total. The summed E-state index contributed by atoms with van der Waals surface area (Å²) in [5.74, 6) is 0.536. The van der Waals surface area contributed by atoms with E-state index in [1.165, 1.54) is 16.8 Å². The zero-order valence-corrected chi connectivity index (χ0v) is 14.9. The number of hydrogen-bond acceptors (Lipinski definition) is 5. The van der Waals surface area contributed by atoms with E-state index in [2.05, 4.69) is 20.5 Å². The first kappa shape index (κ1) is 17.9. The molecule has 0 atom stereocenters. The van der Waals surface area contributed by atoms with Gasteiger partial charge in [0.1, 0.15) is 0 Å². The third-order valence-electron chi connectivity index (χ3n) is 4.25. The lowest BCUT2D eigenvalue weighted by molar-refractivity contribution is -0.137. The lowest BCUT2D eigenvalue weighted by Crippen LogP contribution is -2.07. The molecule has 0 fully saturated rings. The molecule has 2 aromatic carbocycles. The fourth-order valence-corrected chi connectivity index (χ4v) is 2.73. The Hall–Kier alpha value is -3.49. The minimum atomic E-state index is -4.44. The summed E-state index contributed by atoms with van der Waals surface area (Å²) in [7, 11) is 0. The van der Waals surface area contributed by atoms with Gasteiger partial charge in [0.25, 0.3) is 5.89 Å². The third kappa shape index (κ3) is 3.26. The summed E-state index contributed by atoms with van der Waals surface area (Å²) in [4.78, 5) is 4.33. The van der Waals surface area contributed by atoms with Crippen LogP contribution in [0.4, 0.5) is 13.2 Å². The summed E-state index contributed by atoms with van der Waals surface area (Å²) in [5, 5.41) is 11.9. The molecule has 142 valence electrons. The maximum absolute atomic E-state index is 13.0. The molecule has 0 radical (unpaired) electrons. The summed E-state index contributed by atoms with van der Waals surface area (Å²) < 4.78 is 45.5. The highest BCUT2D eigenvalue weighted by molar-refractivity contribution is 5.59. The van der Waals surface area contributed by atoms with Gasteiger partial charge in [-0.15, -0.1) is 5.10 Å². The van der Waals surface area contributed by atoms with Gasteiger partial charge in [-0.3, -0.25) is 0 Å². The molecule has 0 saturated heterocycles. The van der Waals surface area contributed by atoms with Crippen molar-refractivity contribution in [2.75, 3.05) is 0 Å². The Bertz CT molecular complexity index is 1130. The predicted molar refractivity (Wildman–Crippen MR) is 94.6 cm³/mol. The molecule has 0 aliphatic rings. The highest BCUT2D eigenvalue weighted by Crippen LogP contribution is 2.31. The number of aromatic nitrogens is 5. The van der Waals surface area contributed by atoms with Crippen LogP contribution < -0.4 is 0 Å². The molecular formula is C19H14F3N5O. The normalized spacial score (nSPS) is 11.8. The Labute approximate surface area is 157 Å². The van der Waals surface area contributed by atoms with E-state index in [-0.39, 0.29) is 11.6 Å². The summed E-state index contributed by atoms with van der Waals surface area (Å²) >= 11 is 0. The number of aryl methyl sites for hydroxylation is 1. The Morgan fingerprint density at radius 3 is 2.46 bits per heavy atom. The second kappa shape index (κ2) is 6.59. The van der Waals surface area contributed by atoms with Crippen LogP contribution in [-0.2, 0) is 6.18 Å². The van der Waals surface area contributed by atoms with Crippen LogP contribution in [-0.4, -0.2) is 25.1 Å². The Kier molecular flexibility index (Phi) is 4.21. The molecule has 0 unspecified atom stereocenters. The van der Waals surface area contributed by atoms with Crippen LogP contribution in [0.5, 0.6) is 0 Å². The first-order valence-corrected chi connectivity index (χ1v) is 8.34. The lowest BCUT2D eigenvalue weighted by atomic mass is 10.1. The van der Waals surface area contributed by atoms with Gasteiger partial charge in [0.05, 0.1) is 16.9 Å². The van der Waals surface area contributed by atoms with Crippen molar-refractivity contribution in [3.05, 3.63) is 65.4 Å². The summed E-state index contributed by atoms with van der Waals surface area (Å²) in [6.45, 7) is 3.65. The fraction of sp³-hybridized carbons (Fsp3) is 0.158. The van der Waals surface area contributed by atoms with Gasteiger partial charge < -0.3 is 4.52 Å². The van der Waals surface area contributed by atoms with E-state index in [1.54, 1.807) is 6.92 Å². The minimum absolute atomic E-state index is 0.145. The maximum atomic E-state index is 13.0. The van der Waals surface area contributed by atoms with E-state index in [9.17, 15) is 13.2 Å². The standard InChI is InChI=1S/C19H14F3N5O/c1-11-6-8-13(9-7-11)17-23-18(28-25-17)16-12(2)27(26-24-16)15-5-3-4-14(10-15)19(20,21)22/h3-10H,1-2H3. The molecule has 0 aliphatic heterocycles. The van der Waals surface area contributed by atoms with Gasteiger partial charge in [-0.05, 0) is 32.0 Å². The van der Waals surface area contributed by atoms with Gasteiger partial charge in [0.15, 0.2) is 5.69 Å². The van der Waals surface area contributed by atoms with Crippen molar-refractivity contribution in [2.45, 2.75) is 20.0 Å². The number of nitrogens with zero attached hydrogens (tertiary/aromatic N) is 5. The van der Waals surface area contributed by atoms with Crippen LogP contribution in [0.2, 0.25) is 0 Å². The second-order valence-electron chi connectivity index (χ2n) is 6.27. The molecule has 0 amide bonds. The molecule has 0 bridgehead atoms. The Balaban J connectivity index is 1.69. The van der Waals surface area contributed by atoms with Crippen LogP contribution in [0.3, 0.4) is 0 Å². The van der Waals surface area contributed by atoms with Crippen molar-refractivity contribution in [1.82, 2.24) is 25.1 Å². The SMILES string of the molecule is Cc1ccc(-c2noc(-c3nnn(-c4cccc(C(F)(F)F)c4)c3C)n2)cc1. The van der Waals surface area contributed by atoms with Crippen LogP contribution in [0, 0.1) is 13.8 Å². The van der Waals surface area contributed by atoms with Gasteiger partial charge >= 0.3 is 6.18 Å². The first-order chi connectivity index (χ1) is 13.3. The Morgan fingerprint density at radius 2 is 1.75 bits per heavy atom. The molecule has 2 aromatic heterocycles. The second-order valence-corrected chi connectivity index (χ2v) is 6.27. The summed E-state index contributed by atoms with van der Waals surface area (Å²) in [6, 6.07) is 12.5. The molecule has 0 saturated carbocycles. The van der Waals surface area contributed by atoms with Gasteiger partial charge in [-0.25, -0.2) is 4.68 Å². The van der Waals surface area contributed by atoms with Gasteiger partial charge in [-0.1, -0.05) is 46.3 Å². The number of halogens is 3. The predicted octanol–water partition coefficient (Wildman–Crippen LogP) is 4.62. The number of alkyl halides is 3. The fourth-order valence-electron chi connectivity index (χ4n) is 2.73. The molecule has 28 heavy (non-hydrogen) atoms. The summed E-state index contributed by atoms with van der Waals surface area (Å²) in [6.07, 6.45) is -4.44. The highest BCUT2D eigenvalue weighted by atomic mass is 19.4. The molecular weight excluding hydrogens is 371 g/mol. The van der Waals surface area contributed by atoms with Gasteiger partial charge in [-0.2, -0.15) is 18.2 Å². The molecule has 0 spiro atoms. The molecule has 4 aromatic rings. The first-order valence-electron chi connectivity index (χ1n) is 8.34. The topological polar surface area (TPSA) is 69.6 Å². The summed E-state index contributed by atoms with van der Waals surface area (Å²) in [5.41, 5.74) is 2.16. The average molecular weight is 385 g/mol. The molecule has 0 aliphatic carbocycles. The average Bonchev–Trinajstić information content (AvgIpc) is 3.28. The quantitative estimate of drug-likeness (QED) is 0.515. The van der Waals surface area contributed by atoms with Crippen LogP contribution in [0.1, 0.15) is 16.8 Å². The lowest BCUT2D eigenvalue weighted by Gasteiger charge is -2.09. The van der Waals surface area contributed by atoms with E-state index >= 15 is 0 Å². The zero-order chi connectivity index (χ0) is 19.9. The van der Waals surface area contributed by atoms with Crippen molar-refractivity contribution < 1.29 is 17.7 Å². The smallest absolute Gasteiger partial charge is 0.332 e. The maximum Gasteiger partial charge on any atom is 0.416 e.